The molecule has 3 nitrogen and oxygen atoms in total. The van der Waals surface area contributed by atoms with Gasteiger partial charge in [-0.3, -0.25) is 4.68 Å². The van der Waals surface area contributed by atoms with Gasteiger partial charge < -0.3 is 5.73 Å². The van der Waals surface area contributed by atoms with Gasteiger partial charge in [0.2, 0.25) is 0 Å². The Kier molecular flexibility index (Phi) is 4.38. The summed E-state index contributed by atoms with van der Waals surface area (Å²) < 4.78 is 2.10. The zero-order valence-electron chi connectivity index (χ0n) is 12.1. The normalized spacial score (nSPS) is 10.9. The number of aryl methyl sites for hydroxylation is 1. The van der Waals surface area contributed by atoms with Gasteiger partial charge in [0.1, 0.15) is 0 Å². The Labute approximate surface area is 115 Å². The standard InChI is InChI=1S/C16H23N3/c1-4-16-12(2)18-19(13(16)3)11-15-7-5-14(6-8-15)9-10-17/h5-8H,4,9-11,17H2,1-3H3. The van der Waals surface area contributed by atoms with Crippen molar-refractivity contribution in [3.8, 4) is 0 Å². The van der Waals surface area contributed by atoms with Crippen LogP contribution in [0.15, 0.2) is 24.3 Å². The molecule has 2 N–H and O–H groups in total. The summed E-state index contributed by atoms with van der Waals surface area (Å²) in [6, 6.07) is 8.67. The van der Waals surface area contributed by atoms with Gasteiger partial charge in [0.05, 0.1) is 12.2 Å². The van der Waals surface area contributed by atoms with Crippen LogP contribution < -0.4 is 5.73 Å². The smallest absolute Gasteiger partial charge is 0.0662 e. The third-order valence-electron chi connectivity index (χ3n) is 3.67. The van der Waals surface area contributed by atoms with Crippen LogP contribution in [0, 0.1) is 13.8 Å². The average Bonchev–Trinajstić information content (AvgIpc) is 2.67. The number of aromatic nitrogens is 2. The molecule has 2 rings (SSSR count). The van der Waals surface area contributed by atoms with Crippen LogP contribution in [-0.2, 0) is 19.4 Å². The minimum atomic E-state index is 0.705. The predicted octanol–water partition coefficient (Wildman–Crippen LogP) is 2.61. The molecule has 0 saturated heterocycles. The van der Waals surface area contributed by atoms with E-state index >= 15 is 0 Å². The maximum atomic E-state index is 5.56. The van der Waals surface area contributed by atoms with Gasteiger partial charge in [-0.2, -0.15) is 5.10 Å². The summed E-state index contributed by atoms with van der Waals surface area (Å²) in [5.41, 5.74) is 12.0. The third kappa shape index (κ3) is 3.04. The van der Waals surface area contributed by atoms with Crippen LogP contribution in [-0.4, -0.2) is 16.3 Å². The lowest BCUT2D eigenvalue weighted by molar-refractivity contribution is 0.658. The Bertz CT molecular complexity index is 538. The fourth-order valence-electron chi connectivity index (χ4n) is 2.55. The molecule has 0 aliphatic carbocycles. The van der Waals surface area contributed by atoms with Crippen LogP contribution in [0.5, 0.6) is 0 Å². The molecular weight excluding hydrogens is 234 g/mol. The minimum absolute atomic E-state index is 0.705. The second-order valence-electron chi connectivity index (χ2n) is 5.02. The molecule has 0 unspecified atom stereocenters. The molecule has 0 atom stereocenters. The Hall–Kier alpha value is -1.61. The molecular formula is C16H23N3. The van der Waals surface area contributed by atoms with Crippen molar-refractivity contribution in [2.75, 3.05) is 6.54 Å². The summed E-state index contributed by atoms with van der Waals surface area (Å²) >= 11 is 0. The highest BCUT2D eigenvalue weighted by molar-refractivity contribution is 5.27. The summed E-state index contributed by atoms with van der Waals surface area (Å²) in [7, 11) is 0. The number of rotatable bonds is 5. The molecule has 19 heavy (non-hydrogen) atoms. The topological polar surface area (TPSA) is 43.8 Å². The van der Waals surface area contributed by atoms with Gasteiger partial charge >= 0.3 is 0 Å². The molecule has 0 fully saturated rings. The van der Waals surface area contributed by atoms with Crippen LogP contribution >= 0.6 is 0 Å². The second-order valence-corrected chi connectivity index (χ2v) is 5.02. The number of hydrogen-bond acceptors (Lipinski definition) is 2. The van der Waals surface area contributed by atoms with Gasteiger partial charge in [0, 0.05) is 5.69 Å². The van der Waals surface area contributed by atoms with E-state index in [1.54, 1.807) is 0 Å². The molecule has 0 bridgehead atoms. The van der Waals surface area contributed by atoms with Crippen molar-refractivity contribution in [2.24, 2.45) is 5.73 Å². The van der Waals surface area contributed by atoms with Gasteiger partial charge in [-0.05, 0) is 49.9 Å². The number of benzene rings is 1. The van der Waals surface area contributed by atoms with Crippen molar-refractivity contribution in [1.82, 2.24) is 9.78 Å². The first kappa shape index (κ1) is 13.8. The van der Waals surface area contributed by atoms with Crippen LogP contribution in [0.25, 0.3) is 0 Å². The Morgan fingerprint density at radius 1 is 1.11 bits per heavy atom. The SMILES string of the molecule is CCc1c(C)nn(Cc2ccc(CCN)cc2)c1C. The molecule has 2 aromatic rings. The highest BCUT2D eigenvalue weighted by Gasteiger charge is 2.09. The van der Waals surface area contributed by atoms with E-state index in [0.717, 1.165) is 25.1 Å². The van der Waals surface area contributed by atoms with Gasteiger partial charge in [0.15, 0.2) is 0 Å². The Morgan fingerprint density at radius 2 is 1.74 bits per heavy atom. The second kappa shape index (κ2) is 6.02. The van der Waals surface area contributed by atoms with Gasteiger partial charge in [-0.25, -0.2) is 0 Å². The van der Waals surface area contributed by atoms with E-state index in [2.05, 4.69) is 54.8 Å². The third-order valence-corrected chi connectivity index (χ3v) is 3.67. The van der Waals surface area contributed by atoms with Crippen LogP contribution in [0.1, 0.15) is 35.0 Å². The first-order valence-electron chi connectivity index (χ1n) is 6.96. The summed E-state index contributed by atoms with van der Waals surface area (Å²) in [6.07, 6.45) is 1.99. The molecule has 0 amide bonds. The summed E-state index contributed by atoms with van der Waals surface area (Å²) in [6.45, 7) is 7.98. The minimum Gasteiger partial charge on any atom is -0.330 e. The molecule has 0 aliphatic heterocycles. The van der Waals surface area contributed by atoms with Gasteiger partial charge in [0.25, 0.3) is 0 Å². The van der Waals surface area contributed by atoms with Crippen molar-refractivity contribution in [3.63, 3.8) is 0 Å². The molecule has 0 saturated carbocycles. The van der Waals surface area contributed by atoms with E-state index in [4.69, 9.17) is 5.73 Å². The highest BCUT2D eigenvalue weighted by Crippen LogP contribution is 2.15. The summed E-state index contributed by atoms with van der Waals surface area (Å²) in [5, 5.41) is 4.63. The van der Waals surface area contributed by atoms with E-state index in [0.29, 0.717) is 6.54 Å². The fourth-order valence-corrected chi connectivity index (χ4v) is 2.55. The number of nitrogens with zero attached hydrogens (tertiary/aromatic N) is 2. The number of hydrogen-bond donors (Lipinski definition) is 1. The fraction of sp³-hybridized carbons (Fsp3) is 0.438. The van der Waals surface area contributed by atoms with E-state index in [9.17, 15) is 0 Å². The lowest BCUT2D eigenvalue weighted by Crippen LogP contribution is -2.05. The van der Waals surface area contributed by atoms with E-state index in [1.165, 1.54) is 22.4 Å². The first-order chi connectivity index (χ1) is 9.15. The summed E-state index contributed by atoms with van der Waals surface area (Å²) in [5.74, 6) is 0. The Morgan fingerprint density at radius 3 is 2.26 bits per heavy atom. The van der Waals surface area contributed by atoms with Crippen molar-refractivity contribution >= 4 is 0 Å². The molecule has 3 heteroatoms. The van der Waals surface area contributed by atoms with Gasteiger partial charge in [-0.1, -0.05) is 31.2 Å². The van der Waals surface area contributed by atoms with Crippen LogP contribution in [0.4, 0.5) is 0 Å². The predicted molar refractivity (Wildman–Crippen MR) is 79.4 cm³/mol. The average molecular weight is 257 g/mol. The molecule has 1 aromatic heterocycles. The van der Waals surface area contributed by atoms with Crippen molar-refractivity contribution in [3.05, 3.63) is 52.3 Å². The lowest BCUT2D eigenvalue weighted by Gasteiger charge is -2.06. The van der Waals surface area contributed by atoms with E-state index < -0.39 is 0 Å². The van der Waals surface area contributed by atoms with Gasteiger partial charge in [-0.15, -0.1) is 0 Å². The molecule has 1 aromatic carbocycles. The molecule has 102 valence electrons. The molecule has 1 heterocycles. The Balaban J connectivity index is 2.17. The van der Waals surface area contributed by atoms with Crippen LogP contribution in [0.3, 0.4) is 0 Å². The zero-order chi connectivity index (χ0) is 13.8. The van der Waals surface area contributed by atoms with Crippen molar-refractivity contribution < 1.29 is 0 Å². The maximum Gasteiger partial charge on any atom is 0.0662 e. The molecule has 0 radical (unpaired) electrons. The summed E-state index contributed by atoms with van der Waals surface area (Å²) in [4.78, 5) is 0. The number of nitrogens with two attached hydrogens (primary N) is 1. The maximum absolute atomic E-state index is 5.56. The van der Waals surface area contributed by atoms with E-state index in [1.807, 2.05) is 0 Å². The lowest BCUT2D eigenvalue weighted by atomic mass is 10.1. The van der Waals surface area contributed by atoms with Crippen LogP contribution in [0.2, 0.25) is 0 Å². The quantitative estimate of drug-likeness (QED) is 0.894. The first-order valence-corrected chi connectivity index (χ1v) is 6.96. The van der Waals surface area contributed by atoms with E-state index in [-0.39, 0.29) is 0 Å². The largest absolute Gasteiger partial charge is 0.330 e. The monoisotopic (exact) mass is 257 g/mol. The zero-order valence-corrected chi connectivity index (χ0v) is 12.1. The highest BCUT2D eigenvalue weighted by atomic mass is 15.3. The van der Waals surface area contributed by atoms with Crippen molar-refractivity contribution in [1.29, 1.82) is 0 Å². The molecule has 0 spiro atoms. The van der Waals surface area contributed by atoms with Crippen molar-refractivity contribution in [2.45, 2.75) is 40.2 Å². The molecule has 0 aliphatic rings.